The number of methoxy groups -OCH3 is 1. The summed E-state index contributed by atoms with van der Waals surface area (Å²) in [7, 11) is 1.28. The molecule has 0 aromatic carbocycles. The minimum Gasteiger partial charge on any atom is -0.464 e. The van der Waals surface area contributed by atoms with Gasteiger partial charge >= 0.3 is 5.97 Å². The van der Waals surface area contributed by atoms with Crippen molar-refractivity contribution in [1.82, 2.24) is 30.2 Å². The number of H-pyrrole nitrogens is 1. The number of aromatic nitrogens is 6. The number of nitrogen functional groups attached to an aromatic ring is 1. The third kappa shape index (κ3) is 2.01. The molecule has 0 saturated carbocycles. The molecule has 2 rings (SSSR count). The van der Waals surface area contributed by atoms with Gasteiger partial charge in [0, 0.05) is 6.42 Å². The second-order valence-corrected chi connectivity index (χ2v) is 3.52. The molecule has 0 aliphatic rings. The van der Waals surface area contributed by atoms with Crippen molar-refractivity contribution in [1.29, 1.82) is 0 Å². The van der Waals surface area contributed by atoms with Gasteiger partial charge in [0.1, 0.15) is 11.6 Å². The summed E-state index contributed by atoms with van der Waals surface area (Å²) in [6, 6.07) is 0. The maximum absolute atomic E-state index is 11.5. The van der Waals surface area contributed by atoms with E-state index in [1.54, 1.807) is 4.57 Å². The van der Waals surface area contributed by atoms with Gasteiger partial charge in [-0.25, -0.2) is 9.78 Å². The van der Waals surface area contributed by atoms with Crippen LogP contribution in [0.15, 0.2) is 0 Å². The van der Waals surface area contributed by atoms with Crippen LogP contribution in [0.3, 0.4) is 0 Å². The number of carbonyl (C=O) groups is 1. The Balaban J connectivity index is 2.39. The van der Waals surface area contributed by atoms with Gasteiger partial charge in [-0.05, 0) is 0 Å². The Morgan fingerprint density at radius 2 is 2.33 bits per heavy atom. The maximum atomic E-state index is 11.5. The number of ether oxygens (including phenoxy) is 1. The predicted molar refractivity (Wildman–Crippen MR) is 60.6 cm³/mol. The lowest BCUT2D eigenvalue weighted by Crippen LogP contribution is -2.11. The first kappa shape index (κ1) is 12.0. The molecule has 0 unspecified atom stereocenters. The lowest BCUT2D eigenvalue weighted by molar-refractivity contribution is 0.0595. The fourth-order valence-electron chi connectivity index (χ4n) is 1.60. The van der Waals surface area contributed by atoms with E-state index in [2.05, 4.69) is 30.3 Å². The second-order valence-electron chi connectivity index (χ2n) is 3.52. The van der Waals surface area contributed by atoms with Crippen LogP contribution in [0.25, 0.3) is 0 Å². The van der Waals surface area contributed by atoms with E-state index in [9.17, 15) is 4.79 Å². The predicted octanol–water partition coefficient (Wildman–Crippen LogP) is -0.624. The highest BCUT2D eigenvalue weighted by Gasteiger charge is 2.21. The molecule has 3 N–H and O–H groups in total. The van der Waals surface area contributed by atoms with E-state index < -0.39 is 5.97 Å². The van der Waals surface area contributed by atoms with Gasteiger partial charge in [-0.2, -0.15) is 5.21 Å². The summed E-state index contributed by atoms with van der Waals surface area (Å²) in [5.41, 5.74) is 6.00. The van der Waals surface area contributed by atoms with Gasteiger partial charge < -0.3 is 15.0 Å². The molecule has 0 aliphatic carbocycles. The largest absolute Gasteiger partial charge is 0.464 e. The Morgan fingerprint density at radius 3 is 2.89 bits per heavy atom. The molecule has 96 valence electrons. The van der Waals surface area contributed by atoms with Crippen molar-refractivity contribution in [2.24, 2.45) is 0 Å². The molecule has 9 nitrogen and oxygen atoms in total. The summed E-state index contributed by atoms with van der Waals surface area (Å²) >= 11 is 0. The number of rotatable bonds is 4. The Kier molecular flexibility index (Phi) is 3.22. The zero-order valence-electron chi connectivity index (χ0n) is 10.0. The number of imidazole rings is 1. The highest BCUT2D eigenvalue weighted by Crippen LogP contribution is 2.17. The van der Waals surface area contributed by atoms with Gasteiger partial charge in [-0.3, -0.25) is 0 Å². The summed E-state index contributed by atoms with van der Waals surface area (Å²) in [4.78, 5) is 15.6. The molecule has 0 saturated heterocycles. The van der Waals surface area contributed by atoms with E-state index in [1.165, 1.54) is 7.11 Å². The Morgan fingerprint density at radius 1 is 1.56 bits per heavy atom. The summed E-state index contributed by atoms with van der Waals surface area (Å²) in [6.07, 6.45) is 0.624. The minimum atomic E-state index is -0.561. The smallest absolute Gasteiger partial charge is 0.360 e. The van der Waals surface area contributed by atoms with E-state index in [1.807, 2.05) is 6.92 Å². The SMILES string of the molecule is CCc1nc(C(=O)OC)c(N)n1Cc1nn[nH]n1. The number of nitrogens with two attached hydrogens (primary N) is 1. The number of hydrogen-bond donors (Lipinski definition) is 2. The number of esters is 1. The molecular weight excluding hydrogens is 238 g/mol. The topological polar surface area (TPSA) is 125 Å². The first-order chi connectivity index (χ1) is 8.67. The van der Waals surface area contributed by atoms with Gasteiger partial charge in [0.15, 0.2) is 11.5 Å². The number of anilines is 1. The first-order valence-corrected chi connectivity index (χ1v) is 5.32. The van der Waals surface area contributed by atoms with Gasteiger partial charge in [-0.1, -0.05) is 12.1 Å². The van der Waals surface area contributed by atoms with E-state index in [0.29, 0.717) is 24.6 Å². The van der Waals surface area contributed by atoms with Crippen LogP contribution in [0.1, 0.15) is 29.1 Å². The van der Waals surface area contributed by atoms with E-state index in [0.717, 1.165) is 0 Å². The highest BCUT2D eigenvalue weighted by atomic mass is 16.5. The Bertz CT molecular complexity index is 546. The molecule has 18 heavy (non-hydrogen) atoms. The van der Waals surface area contributed by atoms with Crippen LogP contribution in [-0.4, -0.2) is 43.3 Å². The summed E-state index contributed by atoms with van der Waals surface area (Å²) in [5, 5.41) is 13.5. The maximum Gasteiger partial charge on any atom is 0.360 e. The molecule has 0 radical (unpaired) electrons. The molecule has 0 spiro atoms. The molecule has 2 aromatic rings. The summed E-state index contributed by atoms with van der Waals surface area (Å²) < 4.78 is 6.28. The van der Waals surface area contributed by atoms with Gasteiger partial charge in [0.05, 0.1) is 13.7 Å². The molecule has 0 bridgehead atoms. The number of aryl methyl sites for hydroxylation is 1. The number of nitrogens with one attached hydrogen (secondary N) is 1. The summed E-state index contributed by atoms with van der Waals surface area (Å²) in [6.45, 7) is 2.21. The molecule has 0 fully saturated rings. The monoisotopic (exact) mass is 251 g/mol. The normalized spacial score (nSPS) is 10.6. The van der Waals surface area contributed by atoms with Crippen molar-refractivity contribution in [3.8, 4) is 0 Å². The van der Waals surface area contributed by atoms with E-state index >= 15 is 0 Å². The van der Waals surface area contributed by atoms with Crippen LogP contribution in [0.5, 0.6) is 0 Å². The molecule has 9 heteroatoms. The van der Waals surface area contributed by atoms with E-state index in [4.69, 9.17) is 5.73 Å². The third-order valence-corrected chi connectivity index (χ3v) is 2.47. The van der Waals surface area contributed by atoms with E-state index in [-0.39, 0.29) is 11.5 Å². The quantitative estimate of drug-likeness (QED) is 0.693. The molecule has 0 atom stereocenters. The molecular formula is C9H13N7O2. The average molecular weight is 251 g/mol. The number of carbonyl (C=O) groups excluding carboxylic acids is 1. The molecule has 2 heterocycles. The van der Waals surface area contributed by atoms with Crippen LogP contribution in [0.2, 0.25) is 0 Å². The molecule has 0 amide bonds. The molecule has 0 aliphatic heterocycles. The number of nitrogens with zero attached hydrogens (tertiary/aromatic N) is 5. The lowest BCUT2D eigenvalue weighted by Gasteiger charge is -2.05. The van der Waals surface area contributed by atoms with Crippen LogP contribution < -0.4 is 5.73 Å². The van der Waals surface area contributed by atoms with Gasteiger partial charge in [0.25, 0.3) is 0 Å². The van der Waals surface area contributed by atoms with Crippen molar-refractivity contribution in [3.05, 3.63) is 17.3 Å². The minimum absolute atomic E-state index is 0.109. The molecule has 2 aromatic heterocycles. The van der Waals surface area contributed by atoms with Crippen molar-refractivity contribution in [2.75, 3.05) is 12.8 Å². The van der Waals surface area contributed by atoms with Crippen LogP contribution in [-0.2, 0) is 17.7 Å². The third-order valence-electron chi connectivity index (χ3n) is 2.47. The zero-order valence-corrected chi connectivity index (χ0v) is 10.0. The zero-order chi connectivity index (χ0) is 13.1. The highest BCUT2D eigenvalue weighted by molar-refractivity contribution is 5.92. The fourth-order valence-corrected chi connectivity index (χ4v) is 1.60. The summed E-state index contributed by atoms with van der Waals surface area (Å²) in [5.74, 6) is 0.806. The number of aromatic amines is 1. The standard InChI is InChI=1S/C9H13N7O2/c1-3-6-11-7(9(17)18-2)8(10)16(6)4-5-12-14-15-13-5/h3-4,10H2,1-2H3,(H,12,13,14,15). The van der Waals surface area contributed by atoms with Crippen molar-refractivity contribution < 1.29 is 9.53 Å². The Hall–Kier alpha value is -2.45. The van der Waals surface area contributed by atoms with Gasteiger partial charge in [0.2, 0.25) is 0 Å². The number of tetrazole rings is 1. The van der Waals surface area contributed by atoms with Crippen LogP contribution >= 0.6 is 0 Å². The van der Waals surface area contributed by atoms with Crippen molar-refractivity contribution in [2.45, 2.75) is 19.9 Å². The fraction of sp³-hybridized carbons (Fsp3) is 0.444. The van der Waals surface area contributed by atoms with Gasteiger partial charge in [-0.15, -0.1) is 10.2 Å². The van der Waals surface area contributed by atoms with Crippen molar-refractivity contribution >= 4 is 11.8 Å². The van der Waals surface area contributed by atoms with Crippen molar-refractivity contribution in [3.63, 3.8) is 0 Å². The van der Waals surface area contributed by atoms with Crippen LogP contribution in [0.4, 0.5) is 5.82 Å². The average Bonchev–Trinajstić information content (AvgIpc) is 2.99. The van der Waals surface area contributed by atoms with Crippen LogP contribution in [0, 0.1) is 0 Å². The first-order valence-electron chi connectivity index (χ1n) is 5.32. The second kappa shape index (κ2) is 4.82. The number of hydrogen-bond acceptors (Lipinski definition) is 7. The lowest BCUT2D eigenvalue weighted by atomic mass is 10.4. The Labute approximate surface area is 102 Å².